The van der Waals surface area contributed by atoms with Gasteiger partial charge in [0.25, 0.3) is 0 Å². The van der Waals surface area contributed by atoms with E-state index in [4.69, 9.17) is 4.74 Å². The molecule has 0 radical (unpaired) electrons. The molecule has 1 aliphatic rings. The molecule has 0 spiro atoms. The van der Waals surface area contributed by atoms with Gasteiger partial charge in [-0.1, -0.05) is 63.9 Å². The topological polar surface area (TPSA) is 9.23 Å². The summed E-state index contributed by atoms with van der Waals surface area (Å²) >= 11 is 0. The fourth-order valence-electron chi connectivity index (χ4n) is 2.32. The molecule has 0 amide bonds. The Bertz CT molecular complexity index is 281. The van der Waals surface area contributed by atoms with Crippen molar-refractivity contribution < 1.29 is 4.74 Å². The Hall–Kier alpha value is -0.820. The maximum Gasteiger partial charge on any atom is 0.0720 e. The highest BCUT2D eigenvalue weighted by atomic mass is 16.5. The van der Waals surface area contributed by atoms with Gasteiger partial charge in [0.15, 0.2) is 0 Å². The number of benzene rings is 1. The molecule has 1 aromatic rings. The summed E-state index contributed by atoms with van der Waals surface area (Å²) in [5.74, 6) is 0.847. The third-order valence-electron chi connectivity index (χ3n) is 3.22. The van der Waals surface area contributed by atoms with Crippen molar-refractivity contribution in [1.82, 2.24) is 0 Å². The normalized spacial score (nSPS) is 23.7. The Morgan fingerprint density at radius 3 is 2.47 bits per heavy atom. The standard InChI is InChI=1S/C14H20O.C2H6/c1-12-6-5-9-14(10-12)15-11-13-7-3-2-4-8-13;1-2/h2-4,7-8,12,14H,5-6,9-11H2,1H3;1-2H3. The predicted molar refractivity (Wildman–Crippen MR) is 74.0 cm³/mol. The minimum absolute atomic E-state index is 0.494. The number of rotatable bonds is 3. The van der Waals surface area contributed by atoms with E-state index < -0.39 is 0 Å². The van der Waals surface area contributed by atoms with E-state index in [1.54, 1.807) is 0 Å². The molecular formula is C16H26O. The first-order valence-corrected chi connectivity index (χ1v) is 7.00. The van der Waals surface area contributed by atoms with Crippen LogP contribution in [0.25, 0.3) is 0 Å². The summed E-state index contributed by atoms with van der Waals surface area (Å²) < 4.78 is 5.94. The minimum atomic E-state index is 0.494. The molecule has 0 saturated heterocycles. The third kappa shape index (κ3) is 5.36. The largest absolute Gasteiger partial charge is 0.374 e. The van der Waals surface area contributed by atoms with E-state index in [0.29, 0.717) is 6.10 Å². The van der Waals surface area contributed by atoms with E-state index in [1.807, 2.05) is 19.9 Å². The van der Waals surface area contributed by atoms with Crippen LogP contribution in [0.2, 0.25) is 0 Å². The van der Waals surface area contributed by atoms with E-state index in [-0.39, 0.29) is 0 Å². The quantitative estimate of drug-likeness (QED) is 0.729. The first-order valence-electron chi connectivity index (χ1n) is 7.00. The van der Waals surface area contributed by atoms with Gasteiger partial charge >= 0.3 is 0 Å². The van der Waals surface area contributed by atoms with Crippen molar-refractivity contribution in [2.75, 3.05) is 0 Å². The lowest BCUT2D eigenvalue weighted by molar-refractivity contribution is 0.00467. The van der Waals surface area contributed by atoms with Crippen molar-refractivity contribution in [2.45, 2.75) is 59.2 Å². The van der Waals surface area contributed by atoms with Crippen molar-refractivity contribution in [3.05, 3.63) is 35.9 Å². The smallest absolute Gasteiger partial charge is 0.0720 e. The van der Waals surface area contributed by atoms with Crippen molar-refractivity contribution in [3.63, 3.8) is 0 Å². The summed E-state index contributed by atoms with van der Waals surface area (Å²) in [6.45, 7) is 7.11. The van der Waals surface area contributed by atoms with Gasteiger partial charge < -0.3 is 4.74 Å². The molecule has 1 fully saturated rings. The van der Waals surface area contributed by atoms with Gasteiger partial charge in [-0.15, -0.1) is 0 Å². The predicted octanol–water partition coefficient (Wildman–Crippen LogP) is 4.81. The van der Waals surface area contributed by atoms with Crippen LogP contribution in [0.15, 0.2) is 30.3 Å². The number of ether oxygens (including phenoxy) is 1. The lowest BCUT2D eigenvalue weighted by atomic mass is 9.89. The van der Waals surface area contributed by atoms with Crippen LogP contribution in [-0.4, -0.2) is 6.10 Å². The van der Waals surface area contributed by atoms with Gasteiger partial charge in [0.05, 0.1) is 12.7 Å². The van der Waals surface area contributed by atoms with E-state index in [1.165, 1.54) is 31.2 Å². The monoisotopic (exact) mass is 234 g/mol. The first-order chi connectivity index (χ1) is 8.34. The number of hydrogen-bond acceptors (Lipinski definition) is 1. The summed E-state index contributed by atoms with van der Waals surface area (Å²) in [4.78, 5) is 0. The summed E-state index contributed by atoms with van der Waals surface area (Å²) in [7, 11) is 0. The molecule has 1 saturated carbocycles. The molecule has 0 heterocycles. The summed E-state index contributed by atoms with van der Waals surface area (Å²) in [6.07, 6.45) is 5.70. The zero-order chi connectivity index (χ0) is 12.5. The van der Waals surface area contributed by atoms with Crippen LogP contribution < -0.4 is 0 Å². The van der Waals surface area contributed by atoms with Crippen LogP contribution in [0, 0.1) is 5.92 Å². The Labute approximate surface area is 106 Å². The van der Waals surface area contributed by atoms with E-state index in [0.717, 1.165) is 12.5 Å². The molecule has 1 heteroatoms. The second-order valence-electron chi connectivity index (χ2n) is 4.69. The fourth-order valence-corrected chi connectivity index (χ4v) is 2.32. The van der Waals surface area contributed by atoms with Gasteiger partial charge in [-0.05, 0) is 24.3 Å². The lowest BCUT2D eigenvalue weighted by Crippen LogP contribution is -2.21. The highest BCUT2D eigenvalue weighted by Gasteiger charge is 2.18. The van der Waals surface area contributed by atoms with Crippen LogP contribution in [-0.2, 0) is 11.3 Å². The third-order valence-corrected chi connectivity index (χ3v) is 3.22. The zero-order valence-electron chi connectivity index (χ0n) is 11.5. The van der Waals surface area contributed by atoms with Crippen LogP contribution in [0.3, 0.4) is 0 Å². The van der Waals surface area contributed by atoms with Crippen molar-refractivity contribution >= 4 is 0 Å². The second kappa shape index (κ2) is 8.30. The molecule has 2 unspecified atom stereocenters. The average molecular weight is 234 g/mol. The molecule has 0 aromatic heterocycles. The molecule has 0 bridgehead atoms. The maximum absolute atomic E-state index is 5.94. The highest BCUT2D eigenvalue weighted by molar-refractivity contribution is 5.13. The Morgan fingerprint density at radius 2 is 1.82 bits per heavy atom. The molecule has 0 N–H and O–H groups in total. The molecule has 1 nitrogen and oxygen atoms in total. The Balaban J connectivity index is 0.000000686. The average Bonchev–Trinajstić information content (AvgIpc) is 2.40. The fraction of sp³-hybridized carbons (Fsp3) is 0.625. The summed E-state index contributed by atoms with van der Waals surface area (Å²) in [6, 6.07) is 10.5. The van der Waals surface area contributed by atoms with E-state index >= 15 is 0 Å². The highest BCUT2D eigenvalue weighted by Crippen LogP contribution is 2.26. The Morgan fingerprint density at radius 1 is 1.12 bits per heavy atom. The second-order valence-corrected chi connectivity index (χ2v) is 4.69. The molecule has 1 aliphatic carbocycles. The Kier molecular flexibility index (Phi) is 6.95. The van der Waals surface area contributed by atoms with Gasteiger partial charge in [-0.2, -0.15) is 0 Å². The van der Waals surface area contributed by atoms with E-state index in [9.17, 15) is 0 Å². The molecule has 2 atom stereocenters. The first kappa shape index (κ1) is 14.2. The van der Waals surface area contributed by atoms with Crippen molar-refractivity contribution in [1.29, 1.82) is 0 Å². The van der Waals surface area contributed by atoms with Crippen molar-refractivity contribution in [2.24, 2.45) is 5.92 Å². The van der Waals surface area contributed by atoms with Crippen LogP contribution in [0.4, 0.5) is 0 Å². The molecule has 2 rings (SSSR count). The van der Waals surface area contributed by atoms with Crippen LogP contribution >= 0.6 is 0 Å². The molecule has 96 valence electrons. The minimum Gasteiger partial charge on any atom is -0.374 e. The SMILES string of the molecule is CC.CC1CCCC(OCc2ccccc2)C1. The summed E-state index contributed by atoms with van der Waals surface area (Å²) in [5.41, 5.74) is 1.29. The van der Waals surface area contributed by atoms with E-state index in [2.05, 4.69) is 31.2 Å². The van der Waals surface area contributed by atoms with Crippen LogP contribution in [0.1, 0.15) is 52.0 Å². The van der Waals surface area contributed by atoms with Gasteiger partial charge in [0, 0.05) is 0 Å². The lowest BCUT2D eigenvalue weighted by Gasteiger charge is -2.26. The van der Waals surface area contributed by atoms with Gasteiger partial charge in [-0.3, -0.25) is 0 Å². The van der Waals surface area contributed by atoms with Gasteiger partial charge in [-0.25, -0.2) is 0 Å². The van der Waals surface area contributed by atoms with Crippen molar-refractivity contribution in [3.8, 4) is 0 Å². The van der Waals surface area contributed by atoms with Crippen LogP contribution in [0.5, 0.6) is 0 Å². The van der Waals surface area contributed by atoms with Gasteiger partial charge in [0.2, 0.25) is 0 Å². The van der Waals surface area contributed by atoms with Gasteiger partial charge in [0.1, 0.15) is 0 Å². The summed E-state index contributed by atoms with van der Waals surface area (Å²) in [5, 5.41) is 0. The molecular weight excluding hydrogens is 208 g/mol. The molecule has 0 aliphatic heterocycles. The number of hydrogen-bond donors (Lipinski definition) is 0. The molecule has 17 heavy (non-hydrogen) atoms. The zero-order valence-corrected chi connectivity index (χ0v) is 11.5. The molecule has 1 aromatic carbocycles. The maximum atomic E-state index is 5.94.